The lowest BCUT2D eigenvalue weighted by Crippen LogP contribution is -2.34. The van der Waals surface area contributed by atoms with Gasteiger partial charge in [0.15, 0.2) is 11.5 Å². The number of amides is 2. The minimum atomic E-state index is -0.476. The van der Waals surface area contributed by atoms with Gasteiger partial charge in [-0.25, -0.2) is 4.98 Å². The van der Waals surface area contributed by atoms with Gasteiger partial charge >= 0.3 is 0 Å². The molecule has 0 radical (unpaired) electrons. The Bertz CT molecular complexity index is 1230. The van der Waals surface area contributed by atoms with E-state index in [4.69, 9.17) is 13.6 Å². The molecule has 188 valence electrons. The Morgan fingerprint density at radius 1 is 0.944 bits per heavy atom. The fraction of sp³-hybridized carbons (Fsp3) is 0.321. The molecule has 3 aromatic heterocycles. The number of nitrogens with one attached hydrogen (secondary N) is 2. The molecule has 1 aliphatic carbocycles. The van der Waals surface area contributed by atoms with Crippen molar-refractivity contribution in [2.24, 2.45) is 0 Å². The van der Waals surface area contributed by atoms with Crippen molar-refractivity contribution in [3.63, 3.8) is 0 Å². The van der Waals surface area contributed by atoms with Crippen molar-refractivity contribution in [3.8, 4) is 17.2 Å². The molecule has 1 aliphatic rings. The third-order valence-electron chi connectivity index (χ3n) is 5.86. The fourth-order valence-electron chi connectivity index (χ4n) is 3.87. The molecule has 5 rings (SSSR count). The SMILES string of the molecule is C1CCCCC1.CNC(=O)CNC(=O)c1ccc(-c2ccc(OCc3cc4ccccc4o3)cn2)o1. The van der Waals surface area contributed by atoms with E-state index in [-0.39, 0.29) is 24.8 Å². The number of carbonyl (C=O) groups is 2. The van der Waals surface area contributed by atoms with Gasteiger partial charge in [0.25, 0.3) is 5.91 Å². The number of ether oxygens (including phenoxy) is 1. The van der Waals surface area contributed by atoms with Gasteiger partial charge in [-0.3, -0.25) is 9.59 Å². The molecular formula is C28H31N3O5. The molecular weight excluding hydrogens is 458 g/mol. The van der Waals surface area contributed by atoms with Gasteiger partial charge < -0.3 is 24.2 Å². The third kappa shape index (κ3) is 6.97. The summed E-state index contributed by atoms with van der Waals surface area (Å²) < 4.78 is 17.0. The molecule has 36 heavy (non-hydrogen) atoms. The smallest absolute Gasteiger partial charge is 0.287 e. The first-order valence-corrected chi connectivity index (χ1v) is 12.3. The number of nitrogens with zero attached hydrogens (tertiary/aromatic N) is 1. The number of benzene rings is 1. The lowest BCUT2D eigenvalue weighted by molar-refractivity contribution is -0.119. The zero-order valence-electron chi connectivity index (χ0n) is 20.4. The number of para-hydroxylation sites is 1. The molecule has 1 saturated carbocycles. The van der Waals surface area contributed by atoms with Crippen LogP contribution in [0.4, 0.5) is 0 Å². The third-order valence-corrected chi connectivity index (χ3v) is 5.86. The van der Waals surface area contributed by atoms with E-state index < -0.39 is 5.91 Å². The maximum atomic E-state index is 12.0. The first kappa shape index (κ1) is 25.0. The van der Waals surface area contributed by atoms with E-state index in [0.717, 1.165) is 16.7 Å². The van der Waals surface area contributed by atoms with Crippen LogP contribution in [0, 0.1) is 0 Å². The summed E-state index contributed by atoms with van der Waals surface area (Å²) >= 11 is 0. The van der Waals surface area contributed by atoms with E-state index in [9.17, 15) is 9.59 Å². The molecule has 1 fully saturated rings. The number of rotatable bonds is 7. The first-order chi connectivity index (χ1) is 17.6. The molecule has 2 amide bonds. The zero-order chi connectivity index (χ0) is 25.2. The summed E-state index contributed by atoms with van der Waals surface area (Å²) in [7, 11) is 1.50. The highest BCUT2D eigenvalue weighted by Crippen LogP contribution is 2.24. The lowest BCUT2D eigenvalue weighted by Gasteiger charge is -2.05. The Labute approximate surface area is 210 Å². The zero-order valence-corrected chi connectivity index (χ0v) is 20.4. The Hall–Kier alpha value is -4.07. The van der Waals surface area contributed by atoms with Crippen LogP contribution >= 0.6 is 0 Å². The van der Waals surface area contributed by atoms with Crippen molar-refractivity contribution < 1.29 is 23.2 Å². The van der Waals surface area contributed by atoms with Crippen LogP contribution < -0.4 is 15.4 Å². The van der Waals surface area contributed by atoms with Gasteiger partial charge in [-0.05, 0) is 36.4 Å². The molecule has 0 unspecified atom stereocenters. The van der Waals surface area contributed by atoms with Gasteiger partial charge in [0.1, 0.15) is 29.4 Å². The molecule has 1 aromatic carbocycles. The highest BCUT2D eigenvalue weighted by molar-refractivity contribution is 5.94. The summed E-state index contributed by atoms with van der Waals surface area (Å²) in [5.41, 5.74) is 1.37. The van der Waals surface area contributed by atoms with Crippen LogP contribution in [0.25, 0.3) is 22.4 Å². The summed E-state index contributed by atoms with van der Waals surface area (Å²) in [4.78, 5) is 27.5. The van der Waals surface area contributed by atoms with Gasteiger partial charge in [-0.15, -0.1) is 0 Å². The van der Waals surface area contributed by atoms with Gasteiger partial charge in [-0.2, -0.15) is 0 Å². The van der Waals surface area contributed by atoms with Crippen LogP contribution in [-0.4, -0.2) is 30.4 Å². The second-order valence-corrected chi connectivity index (χ2v) is 8.56. The Balaban J connectivity index is 0.000000445. The summed E-state index contributed by atoms with van der Waals surface area (Å²) in [6.45, 7) is 0.160. The second-order valence-electron chi connectivity index (χ2n) is 8.56. The number of hydrogen-bond donors (Lipinski definition) is 2. The van der Waals surface area contributed by atoms with Crippen molar-refractivity contribution in [2.45, 2.75) is 45.1 Å². The van der Waals surface area contributed by atoms with Gasteiger partial charge in [0.2, 0.25) is 5.91 Å². The highest BCUT2D eigenvalue weighted by atomic mass is 16.5. The molecule has 8 nitrogen and oxygen atoms in total. The number of carbonyl (C=O) groups excluding carboxylic acids is 2. The number of hydrogen-bond acceptors (Lipinski definition) is 6. The predicted molar refractivity (Wildman–Crippen MR) is 137 cm³/mol. The van der Waals surface area contributed by atoms with Crippen LogP contribution in [-0.2, 0) is 11.4 Å². The second kappa shape index (κ2) is 12.6. The molecule has 4 aromatic rings. The molecule has 0 bridgehead atoms. The Kier molecular flexibility index (Phi) is 8.75. The van der Waals surface area contributed by atoms with E-state index >= 15 is 0 Å². The molecule has 0 aliphatic heterocycles. The monoisotopic (exact) mass is 489 g/mol. The van der Waals surface area contributed by atoms with E-state index in [2.05, 4.69) is 15.6 Å². The maximum absolute atomic E-state index is 12.0. The van der Waals surface area contributed by atoms with E-state index in [1.165, 1.54) is 51.6 Å². The van der Waals surface area contributed by atoms with Crippen LogP contribution in [0.15, 0.2) is 69.6 Å². The average Bonchev–Trinajstić information content (AvgIpc) is 3.59. The van der Waals surface area contributed by atoms with Crippen molar-refractivity contribution in [3.05, 3.63) is 72.3 Å². The molecule has 2 N–H and O–H groups in total. The number of fused-ring (bicyclic) bond motifs is 1. The summed E-state index contributed by atoms with van der Waals surface area (Å²) in [5.74, 6) is 1.06. The molecule has 0 saturated heterocycles. The normalized spacial score (nSPS) is 12.9. The lowest BCUT2D eigenvalue weighted by atomic mass is 10.0. The van der Waals surface area contributed by atoms with E-state index in [1.807, 2.05) is 30.3 Å². The number of aromatic nitrogens is 1. The summed E-state index contributed by atoms with van der Waals surface area (Å²) in [5, 5.41) is 5.92. The van der Waals surface area contributed by atoms with Gasteiger partial charge in [0.05, 0.1) is 12.7 Å². The standard InChI is InChI=1S/C22H19N3O5.C6H12/c1-23-21(26)12-25-22(27)20-9-8-19(30-20)17-7-6-15(11-24-17)28-13-16-10-14-4-2-3-5-18(14)29-16;1-2-4-6-5-3-1/h2-11H,12-13H2,1H3,(H,23,26)(H,25,27);1-6H2. The van der Waals surface area contributed by atoms with E-state index in [1.54, 1.807) is 24.4 Å². The van der Waals surface area contributed by atoms with Crippen LogP contribution in [0.3, 0.4) is 0 Å². The molecule has 0 atom stereocenters. The van der Waals surface area contributed by atoms with Crippen molar-refractivity contribution >= 4 is 22.8 Å². The van der Waals surface area contributed by atoms with Gasteiger partial charge in [-0.1, -0.05) is 56.7 Å². The first-order valence-electron chi connectivity index (χ1n) is 12.3. The Morgan fingerprint density at radius 2 is 1.69 bits per heavy atom. The summed E-state index contributed by atoms with van der Waals surface area (Å²) in [6.07, 6.45) is 10.6. The Morgan fingerprint density at radius 3 is 2.36 bits per heavy atom. The number of furan rings is 2. The van der Waals surface area contributed by atoms with Gasteiger partial charge in [0, 0.05) is 12.4 Å². The number of pyridine rings is 1. The quantitative estimate of drug-likeness (QED) is 0.356. The largest absolute Gasteiger partial charge is 0.484 e. The molecule has 3 heterocycles. The average molecular weight is 490 g/mol. The minimum absolute atomic E-state index is 0.0981. The van der Waals surface area contributed by atoms with Crippen molar-refractivity contribution in [1.82, 2.24) is 15.6 Å². The predicted octanol–water partition coefficient (Wildman–Crippen LogP) is 5.48. The molecule has 8 heteroatoms. The topological polar surface area (TPSA) is 107 Å². The highest BCUT2D eigenvalue weighted by Gasteiger charge is 2.14. The minimum Gasteiger partial charge on any atom is -0.484 e. The number of likely N-dealkylation sites (N-methyl/N-ethyl adjacent to an activating group) is 1. The van der Waals surface area contributed by atoms with Crippen LogP contribution in [0.2, 0.25) is 0 Å². The summed E-state index contributed by atoms with van der Waals surface area (Å²) in [6, 6.07) is 16.4. The molecule has 0 spiro atoms. The maximum Gasteiger partial charge on any atom is 0.287 e. The van der Waals surface area contributed by atoms with Crippen molar-refractivity contribution in [2.75, 3.05) is 13.6 Å². The fourth-order valence-corrected chi connectivity index (χ4v) is 3.87. The van der Waals surface area contributed by atoms with Crippen LogP contribution in [0.5, 0.6) is 5.75 Å². The van der Waals surface area contributed by atoms with Crippen molar-refractivity contribution in [1.29, 1.82) is 0 Å². The van der Waals surface area contributed by atoms with E-state index in [0.29, 0.717) is 17.2 Å². The van der Waals surface area contributed by atoms with Crippen LogP contribution in [0.1, 0.15) is 54.8 Å².